The largest absolute Gasteiger partial charge is 0.446 e. The number of hydrogen-bond donors (Lipinski definition) is 1. The summed E-state index contributed by atoms with van der Waals surface area (Å²) in [6.45, 7) is 4.81. The van der Waals surface area contributed by atoms with E-state index in [2.05, 4.69) is 15.1 Å². The molecular formula is C25H31FN4O3. The van der Waals surface area contributed by atoms with Gasteiger partial charge >= 0.3 is 6.09 Å². The first-order valence-corrected chi connectivity index (χ1v) is 11.5. The summed E-state index contributed by atoms with van der Waals surface area (Å²) in [6, 6.07) is 14.4. The van der Waals surface area contributed by atoms with Crippen LogP contribution in [-0.4, -0.2) is 62.3 Å². The quantitative estimate of drug-likeness (QED) is 0.737. The van der Waals surface area contributed by atoms with Gasteiger partial charge in [-0.25, -0.2) is 9.18 Å². The second-order valence-corrected chi connectivity index (χ2v) is 8.76. The number of rotatable bonds is 5. The minimum atomic E-state index is -0.452. The Morgan fingerprint density at radius 2 is 1.52 bits per heavy atom. The van der Waals surface area contributed by atoms with Crippen molar-refractivity contribution in [3.8, 4) is 0 Å². The van der Waals surface area contributed by atoms with E-state index in [4.69, 9.17) is 4.74 Å². The SMILES string of the molecule is CC(=O)N(C)C1CCN(c2ccc(NC(=O)OC3CCN(c4ccc(F)cc4)CC3)cc2)C1. The Morgan fingerprint density at radius 1 is 0.939 bits per heavy atom. The highest BCUT2D eigenvalue weighted by Gasteiger charge is 2.27. The number of hydrogen-bond acceptors (Lipinski definition) is 5. The molecule has 176 valence electrons. The summed E-state index contributed by atoms with van der Waals surface area (Å²) < 4.78 is 18.7. The smallest absolute Gasteiger partial charge is 0.411 e. The summed E-state index contributed by atoms with van der Waals surface area (Å²) in [4.78, 5) is 30.2. The van der Waals surface area contributed by atoms with Crippen molar-refractivity contribution in [2.24, 2.45) is 0 Å². The van der Waals surface area contributed by atoms with Crippen LogP contribution in [0.3, 0.4) is 0 Å². The van der Waals surface area contributed by atoms with Gasteiger partial charge in [0.15, 0.2) is 0 Å². The van der Waals surface area contributed by atoms with Gasteiger partial charge in [0.25, 0.3) is 0 Å². The Hall–Kier alpha value is -3.29. The number of carbonyl (C=O) groups is 2. The van der Waals surface area contributed by atoms with Crippen molar-refractivity contribution in [3.63, 3.8) is 0 Å². The molecule has 2 aromatic rings. The van der Waals surface area contributed by atoms with Gasteiger partial charge in [-0.3, -0.25) is 10.1 Å². The average molecular weight is 455 g/mol. The van der Waals surface area contributed by atoms with Crippen molar-refractivity contribution in [2.45, 2.75) is 38.3 Å². The van der Waals surface area contributed by atoms with Gasteiger partial charge < -0.3 is 19.4 Å². The highest BCUT2D eigenvalue weighted by atomic mass is 19.1. The minimum Gasteiger partial charge on any atom is -0.446 e. The van der Waals surface area contributed by atoms with E-state index in [1.165, 1.54) is 12.1 Å². The highest BCUT2D eigenvalue weighted by Crippen LogP contribution is 2.25. The van der Waals surface area contributed by atoms with Gasteiger partial charge in [0, 0.05) is 70.1 Å². The second-order valence-electron chi connectivity index (χ2n) is 8.76. The number of anilines is 3. The molecule has 2 aliphatic heterocycles. The maximum Gasteiger partial charge on any atom is 0.411 e. The third-order valence-electron chi connectivity index (χ3n) is 6.59. The van der Waals surface area contributed by atoms with Crippen molar-refractivity contribution < 1.29 is 18.7 Å². The molecule has 1 unspecified atom stereocenters. The Labute approximate surface area is 194 Å². The van der Waals surface area contributed by atoms with Crippen molar-refractivity contribution in [3.05, 3.63) is 54.3 Å². The van der Waals surface area contributed by atoms with E-state index in [0.29, 0.717) is 5.69 Å². The van der Waals surface area contributed by atoms with Crippen LogP contribution in [0.15, 0.2) is 48.5 Å². The van der Waals surface area contributed by atoms with Crippen LogP contribution in [0.5, 0.6) is 0 Å². The number of amides is 2. The lowest BCUT2D eigenvalue weighted by atomic mass is 10.1. The number of piperidine rings is 1. The third-order valence-corrected chi connectivity index (χ3v) is 6.59. The lowest BCUT2D eigenvalue weighted by Crippen LogP contribution is -2.38. The molecule has 0 aromatic heterocycles. The van der Waals surface area contributed by atoms with Gasteiger partial charge in [0.1, 0.15) is 11.9 Å². The van der Waals surface area contributed by atoms with E-state index in [1.807, 2.05) is 31.3 Å². The lowest BCUT2D eigenvalue weighted by Gasteiger charge is -2.33. The van der Waals surface area contributed by atoms with E-state index in [0.717, 1.165) is 56.8 Å². The number of likely N-dealkylation sites (N-methyl/N-ethyl adjacent to an activating group) is 1. The minimum absolute atomic E-state index is 0.0843. The van der Waals surface area contributed by atoms with Crippen LogP contribution in [-0.2, 0) is 9.53 Å². The first-order chi connectivity index (χ1) is 15.9. The molecule has 0 saturated carbocycles. The maximum atomic E-state index is 13.1. The van der Waals surface area contributed by atoms with Crippen LogP contribution in [0.25, 0.3) is 0 Å². The van der Waals surface area contributed by atoms with Gasteiger partial charge in [-0.1, -0.05) is 0 Å². The summed E-state index contributed by atoms with van der Waals surface area (Å²) in [5.41, 5.74) is 2.74. The Balaban J connectivity index is 1.22. The molecule has 8 heteroatoms. The number of nitrogens with zero attached hydrogens (tertiary/aromatic N) is 3. The molecule has 2 heterocycles. The first-order valence-electron chi connectivity index (χ1n) is 11.5. The zero-order valence-corrected chi connectivity index (χ0v) is 19.2. The van der Waals surface area contributed by atoms with E-state index in [1.54, 1.807) is 24.0 Å². The Kier molecular flexibility index (Phi) is 7.01. The fourth-order valence-corrected chi connectivity index (χ4v) is 4.49. The van der Waals surface area contributed by atoms with Crippen LogP contribution in [0.4, 0.5) is 26.2 Å². The topological polar surface area (TPSA) is 65.1 Å². The monoisotopic (exact) mass is 454 g/mol. The summed E-state index contributed by atoms with van der Waals surface area (Å²) in [6.07, 6.45) is 1.82. The van der Waals surface area contributed by atoms with E-state index < -0.39 is 6.09 Å². The molecule has 2 fully saturated rings. The molecule has 2 aromatic carbocycles. The highest BCUT2D eigenvalue weighted by molar-refractivity contribution is 5.85. The van der Waals surface area contributed by atoms with E-state index in [9.17, 15) is 14.0 Å². The molecule has 0 spiro atoms. The summed E-state index contributed by atoms with van der Waals surface area (Å²) in [7, 11) is 1.85. The molecular weight excluding hydrogens is 423 g/mol. The van der Waals surface area contributed by atoms with Gasteiger partial charge in [-0.15, -0.1) is 0 Å². The molecule has 0 bridgehead atoms. The van der Waals surface area contributed by atoms with E-state index >= 15 is 0 Å². The second kappa shape index (κ2) is 10.1. The maximum absolute atomic E-state index is 13.1. The predicted octanol–water partition coefficient (Wildman–Crippen LogP) is 4.10. The predicted molar refractivity (Wildman–Crippen MR) is 127 cm³/mol. The fraction of sp³-hybridized carbons (Fsp3) is 0.440. The Bertz CT molecular complexity index is 959. The zero-order valence-electron chi connectivity index (χ0n) is 19.2. The standard InChI is InChI=1S/C25H31FN4O3/c1-18(31)28(2)23-11-14-30(17-23)22-9-5-20(6-10-22)27-25(32)33-24-12-15-29(16-13-24)21-7-3-19(26)4-8-21/h3-10,23-24H,11-17H2,1-2H3,(H,27,32). The molecule has 2 aliphatic rings. The molecule has 4 rings (SSSR count). The van der Waals surface area contributed by atoms with Crippen LogP contribution >= 0.6 is 0 Å². The first kappa shape index (κ1) is 22.9. The molecule has 33 heavy (non-hydrogen) atoms. The van der Waals surface area contributed by atoms with Gasteiger partial charge in [-0.2, -0.15) is 0 Å². The molecule has 1 N–H and O–H groups in total. The van der Waals surface area contributed by atoms with Crippen LogP contribution in [0, 0.1) is 5.82 Å². The fourth-order valence-electron chi connectivity index (χ4n) is 4.49. The number of carbonyl (C=O) groups excluding carboxylic acids is 2. The molecule has 2 saturated heterocycles. The molecule has 0 aliphatic carbocycles. The molecule has 1 atom stereocenters. The summed E-state index contributed by atoms with van der Waals surface area (Å²) in [5.74, 6) is -0.159. The number of benzene rings is 2. The van der Waals surface area contributed by atoms with Crippen molar-refractivity contribution in [2.75, 3.05) is 48.3 Å². The molecule has 0 radical (unpaired) electrons. The van der Waals surface area contributed by atoms with Gasteiger partial charge in [0.2, 0.25) is 5.91 Å². The van der Waals surface area contributed by atoms with Crippen LogP contribution < -0.4 is 15.1 Å². The van der Waals surface area contributed by atoms with Crippen molar-refractivity contribution >= 4 is 29.1 Å². The van der Waals surface area contributed by atoms with Crippen molar-refractivity contribution in [1.82, 2.24) is 4.90 Å². The van der Waals surface area contributed by atoms with Crippen LogP contribution in [0.2, 0.25) is 0 Å². The average Bonchev–Trinajstić information content (AvgIpc) is 3.30. The number of ether oxygens (including phenoxy) is 1. The zero-order chi connectivity index (χ0) is 23.4. The van der Waals surface area contributed by atoms with Gasteiger partial charge in [0.05, 0.1) is 6.04 Å². The molecule has 7 nitrogen and oxygen atoms in total. The number of halogens is 1. The summed E-state index contributed by atoms with van der Waals surface area (Å²) in [5, 5.41) is 2.81. The third kappa shape index (κ3) is 5.74. The summed E-state index contributed by atoms with van der Waals surface area (Å²) >= 11 is 0. The van der Waals surface area contributed by atoms with Crippen LogP contribution in [0.1, 0.15) is 26.2 Å². The Morgan fingerprint density at radius 3 is 2.15 bits per heavy atom. The lowest BCUT2D eigenvalue weighted by molar-refractivity contribution is -0.129. The number of nitrogens with one attached hydrogen (secondary N) is 1. The van der Waals surface area contributed by atoms with E-state index in [-0.39, 0.29) is 23.9 Å². The molecule has 2 amide bonds. The van der Waals surface area contributed by atoms with Crippen molar-refractivity contribution in [1.29, 1.82) is 0 Å². The van der Waals surface area contributed by atoms with Gasteiger partial charge in [-0.05, 0) is 55.0 Å². The normalized spacial score (nSPS) is 18.8.